The first kappa shape index (κ1) is 15.4. The van der Waals surface area contributed by atoms with Crippen LogP contribution in [0.15, 0.2) is 30.9 Å². The molecule has 1 aromatic rings. The number of benzene rings is 1. The Bertz CT molecular complexity index is 501. The highest BCUT2D eigenvalue weighted by molar-refractivity contribution is 5.67. The Hall–Kier alpha value is -2.01. The third kappa shape index (κ3) is 4.79. The van der Waals surface area contributed by atoms with Gasteiger partial charge in [-0.15, -0.1) is 6.58 Å². The Morgan fingerprint density at radius 1 is 1.38 bits per heavy atom. The minimum Gasteiger partial charge on any atom is -0.490 e. The number of carboxylic acid groups (broad SMARTS) is 1. The maximum Gasteiger partial charge on any atom is 0.304 e. The fraction of sp³-hybridized carbons (Fsp3) is 0.438. The molecule has 0 fully saturated rings. The molecule has 1 heterocycles. The van der Waals surface area contributed by atoms with Crippen LogP contribution in [0.2, 0.25) is 0 Å². The summed E-state index contributed by atoms with van der Waals surface area (Å²) in [7, 11) is 0. The van der Waals surface area contributed by atoms with Crippen molar-refractivity contribution in [2.24, 2.45) is 0 Å². The van der Waals surface area contributed by atoms with Gasteiger partial charge in [-0.25, -0.2) is 0 Å². The number of rotatable bonds is 7. The summed E-state index contributed by atoms with van der Waals surface area (Å²) < 4.78 is 11.2. The summed E-state index contributed by atoms with van der Waals surface area (Å²) in [4.78, 5) is 10.9. The van der Waals surface area contributed by atoms with E-state index in [4.69, 9.17) is 14.6 Å². The molecule has 5 nitrogen and oxygen atoms in total. The molecule has 0 bridgehead atoms. The monoisotopic (exact) mass is 291 g/mol. The number of fused-ring (bicyclic) bond motifs is 1. The average molecular weight is 291 g/mol. The van der Waals surface area contributed by atoms with E-state index in [1.807, 2.05) is 18.2 Å². The van der Waals surface area contributed by atoms with Gasteiger partial charge in [0.15, 0.2) is 11.5 Å². The van der Waals surface area contributed by atoms with Crippen LogP contribution in [-0.4, -0.2) is 36.9 Å². The van der Waals surface area contributed by atoms with E-state index < -0.39 is 5.97 Å². The van der Waals surface area contributed by atoms with Crippen molar-refractivity contribution < 1.29 is 19.4 Å². The zero-order chi connectivity index (χ0) is 15.1. The summed E-state index contributed by atoms with van der Waals surface area (Å²) >= 11 is 0. The lowest BCUT2D eigenvalue weighted by molar-refractivity contribution is -0.137. The van der Waals surface area contributed by atoms with Crippen molar-refractivity contribution in [3.8, 4) is 11.5 Å². The first-order valence-corrected chi connectivity index (χ1v) is 7.13. The minimum atomic E-state index is -0.814. The number of carboxylic acids is 1. The van der Waals surface area contributed by atoms with Gasteiger partial charge in [0, 0.05) is 19.0 Å². The lowest BCUT2D eigenvalue weighted by Crippen LogP contribution is -2.33. The predicted molar refractivity (Wildman–Crippen MR) is 80.0 cm³/mol. The van der Waals surface area contributed by atoms with E-state index in [-0.39, 0.29) is 12.5 Å². The fourth-order valence-corrected chi connectivity index (χ4v) is 2.30. The first-order chi connectivity index (χ1) is 10.2. The molecule has 1 aliphatic rings. The van der Waals surface area contributed by atoms with E-state index in [2.05, 4.69) is 11.9 Å². The number of hydrogen-bond donors (Lipinski definition) is 2. The summed E-state index contributed by atoms with van der Waals surface area (Å²) in [6, 6.07) is 5.65. The Labute approximate surface area is 124 Å². The van der Waals surface area contributed by atoms with Crippen LogP contribution in [0.3, 0.4) is 0 Å². The molecule has 0 radical (unpaired) electrons. The molecular weight excluding hydrogens is 270 g/mol. The smallest absolute Gasteiger partial charge is 0.304 e. The predicted octanol–water partition coefficient (Wildman–Crippen LogP) is 2.01. The van der Waals surface area contributed by atoms with E-state index >= 15 is 0 Å². The van der Waals surface area contributed by atoms with Crippen molar-refractivity contribution in [1.82, 2.24) is 5.32 Å². The van der Waals surface area contributed by atoms with Gasteiger partial charge in [0.1, 0.15) is 0 Å². The van der Waals surface area contributed by atoms with Crippen molar-refractivity contribution >= 4 is 5.97 Å². The molecule has 2 N–H and O–H groups in total. The maximum absolute atomic E-state index is 10.9. The number of aliphatic carboxylic acids is 1. The lowest BCUT2D eigenvalue weighted by Gasteiger charge is -2.17. The molecule has 0 amide bonds. The number of nitrogens with one attached hydrogen (secondary N) is 1. The molecule has 0 aromatic heterocycles. The second-order valence-electron chi connectivity index (χ2n) is 5.03. The van der Waals surface area contributed by atoms with Gasteiger partial charge in [-0.1, -0.05) is 12.1 Å². The summed E-state index contributed by atoms with van der Waals surface area (Å²) in [5.74, 6) is 0.679. The molecular formula is C16H21NO4. The highest BCUT2D eigenvalue weighted by Crippen LogP contribution is 2.30. The molecule has 2 rings (SSSR count). The van der Waals surface area contributed by atoms with E-state index in [0.29, 0.717) is 26.2 Å². The van der Waals surface area contributed by atoms with Crippen LogP contribution in [0.5, 0.6) is 11.5 Å². The molecule has 0 aliphatic carbocycles. The molecule has 0 spiro atoms. The van der Waals surface area contributed by atoms with Gasteiger partial charge >= 0.3 is 5.97 Å². The van der Waals surface area contributed by atoms with Gasteiger partial charge in [0.25, 0.3) is 0 Å². The SMILES string of the molecule is C=CCNC(CC(=O)O)Cc1ccc2c(c1)OCCCO2. The highest BCUT2D eigenvalue weighted by Gasteiger charge is 2.15. The molecule has 1 aromatic carbocycles. The van der Waals surface area contributed by atoms with Crippen LogP contribution in [0.4, 0.5) is 0 Å². The number of hydrogen-bond acceptors (Lipinski definition) is 4. The van der Waals surface area contributed by atoms with Crippen LogP contribution in [0, 0.1) is 0 Å². The van der Waals surface area contributed by atoms with E-state index in [1.165, 1.54) is 0 Å². The van der Waals surface area contributed by atoms with Gasteiger partial charge in [-0.2, -0.15) is 0 Å². The van der Waals surface area contributed by atoms with Gasteiger partial charge in [-0.3, -0.25) is 4.79 Å². The van der Waals surface area contributed by atoms with Crippen molar-refractivity contribution in [1.29, 1.82) is 0 Å². The maximum atomic E-state index is 10.9. The van der Waals surface area contributed by atoms with Gasteiger partial charge < -0.3 is 19.9 Å². The third-order valence-electron chi connectivity index (χ3n) is 3.27. The molecule has 0 saturated carbocycles. The lowest BCUT2D eigenvalue weighted by atomic mass is 10.0. The summed E-state index contributed by atoms with van der Waals surface area (Å²) in [5.41, 5.74) is 1.03. The van der Waals surface area contributed by atoms with E-state index in [1.54, 1.807) is 6.08 Å². The zero-order valence-electron chi connectivity index (χ0n) is 12.0. The van der Waals surface area contributed by atoms with Gasteiger partial charge in [0.2, 0.25) is 0 Å². The van der Waals surface area contributed by atoms with Crippen LogP contribution < -0.4 is 14.8 Å². The Balaban J connectivity index is 2.06. The largest absolute Gasteiger partial charge is 0.490 e. The van der Waals surface area contributed by atoms with Crippen LogP contribution in [0.25, 0.3) is 0 Å². The average Bonchev–Trinajstić information content (AvgIpc) is 2.69. The Kier molecular flexibility index (Phi) is 5.63. The van der Waals surface area contributed by atoms with Crippen LogP contribution in [0.1, 0.15) is 18.4 Å². The summed E-state index contributed by atoms with van der Waals surface area (Å²) in [6.07, 6.45) is 3.29. The molecule has 114 valence electrons. The van der Waals surface area contributed by atoms with Gasteiger partial charge in [-0.05, 0) is 24.1 Å². The molecule has 1 aliphatic heterocycles. The second kappa shape index (κ2) is 7.69. The minimum absolute atomic E-state index is 0.0717. The van der Waals surface area contributed by atoms with Crippen molar-refractivity contribution in [2.75, 3.05) is 19.8 Å². The van der Waals surface area contributed by atoms with Crippen LogP contribution >= 0.6 is 0 Å². The quantitative estimate of drug-likeness (QED) is 0.752. The van der Waals surface area contributed by atoms with Gasteiger partial charge in [0.05, 0.1) is 19.6 Å². The normalized spacial score (nSPS) is 15.0. The number of ether oxygens (including phenoxy) is 2. The Morgan fingerprint density at radius 2 is 2.14 bits per heavy atom. The van der Waals surface area contributed by atoms with Crippen molar-refractivity contribution in [2.45, 2.75) is 25.3 Å². The summed E-state index contributed by atoms with van der Waals surface area (Å²) in [5, 5.41) is 12.2. The fourth-order valence-electron chi connectivity index (χ4n) is 2.30. The molecule has 21 heavy (non-hydrogen) atoms. The standard InChI is InChI=1S/C16H21NO4/c1-2-6-17-13(11-16(18)19)9-12-4-5-14-15(10-12)21-8-3-7-20-14/h2,4-5,10,13,17H,1,3,6-9,11H2,(H,18,19). The highest BCUT2D eigenvalue weighted by atomic mass is 16.5. The molecule has 1 atom stereocenters. The number of carbonyl (C=O) groups is 1. The molecule has 5 heteroatoms. The molecule has 0 saturated heterocycles. The second-order valence-corrected chi connectivity index (χ2v) is 5.03. The molecule has 1 unspecified atom stereocenters. The van der Waals surface area contributed by atoms with Crippen molar-refractivity contribution in [3.05, 3.63) is 36.4 Å². The Morgan fingerprint density at radius 3 is 2.86 bits per heavy atom. The third-order valence-corrected chi connectivity index (χ3v) is 3.27. The topological polar surface area (TPSA) is 67.8 Å². The first-order valence-electron chi connectivity index (χ1n) is 7.13. The summed E-state index contributed by atoms with van der Waals surface area (Å²) in [6.45, 7) is 5.53. The zero-order valence-corrected chi connectivity index (χ0v) is 12.0. The van der Waals surface area contributed by atoms with E-state index in [9.17, 15) is 4.79 Å². The van der Waals surface area contributed by atoms with E-state index in [0.717, 1.165) is 23.5 Å². The van der Waals surface area contributed by atoms with Crippen LogP contribution in [-0.2, 0) is 11.2 Å². The van der Waals surface area contributed by atoms with Crippen molar-refractivity contribution in [3.63, 3.8) is 0 Å².